The van der Waals surface area contributed by atoms with Crippen LogP contribution in [0.2, 0.25) is 0 Å². The Morgan fingerprint density at radius 2 is 1.74 bits per heavy atom. The van der Waals surface area contributed by atoms with Crippen molar-refractivity contribution in [1.82, 2.24) is 4.90 Å². The lowest BCUT2D eigenvalue weighted by molar-refractivity contribution is -0.122. The van der Waals surface area contributed by atoms with Crippen molar-refractivity contribution in [3.63, 3.8) is 0 Å². The normalized spacial score (nSPS) is 14.4. The largest absolute Gasteiger partial charge is 0.496 e. The summed E-state index contributed by atoms with van der Waals surface area (Å²) in [4.78, 5) is 26.4. The van der Waals surface area contributed by atoms with Crippen molar-refractivity contribution in [1.29, 1.82) is 0 Å². The number of anilines is 1. The van der Waals surface area contributed by atoms with Crippen LogP contribution in [-0.4, -0.2) is 39.9 Å². The van der Waals surface area contributed by atoms with Crippen molar-refractivity contribution in [3.8, 4) is 16.9 Å². The van der Waals surface area contributed by atoms with E-state index in [2.05, 4.69) is 6.07 Å². The standard InChI is InChI=1S/C30H24N2O4S2/c1-36-26-11-8-19(14-24(26)23-16-21-4-2-3-5-22(21)17-25(23)31)15-27-28(33)32(30(37)38-27)13-12-18-6-9-20(10-7-18)29(34)35/h2-11,14-17H,12-13,31H2,1H3,(H,34,35). The van der Waals surface area contributed by atoms with Crippen LogP contribution < -0.4 is 10.5 Å². The second kappa shape index (κ2) is 10.7. The molecule has 190 valence electrons. The highest BCUT2D eigenvalue weighted by atomic mass is 32.2. The lowest BCUT2D eigenvalue weighted by Gasteiger charge is -2.14. The fourth-order valence-electron chi connectivity index (χ4n) is 4.42. The van der Waals surface area contributed by atoms with E-state index in [-0.39, 0.29) is 11.5 Å². The van der Waals surface area contributed by atoms with Crippen LogP contribution >= 0.6 is 24.0 Å². The first-order valence-corrected chi connectivity index (χ1v) is 13.1. The van der Waals surface area contributed by atoms with Crippen LogP contribution in [-0.2, 0) is 11.2 Å². The number of methoxy groups -OCH3 is 1. The molecular weight excluding hydrogens is 516 g/mol. The highest BCUT2D eigenvalue weighted by Gasteiger charge is 2.31. The van der Waals surface area contributed by atoms with Gasteiger partial charge in [-0.2, -0.15) is 0 Å². The van der Waals surface area contributed by atoms with Gasteiger partial charge in [-0.3, -0.25) is 9.69 Å². The van der Waals surface area contributed by atoms with E-state index < -0.39 is 5.97 Å². The number of thioether (sulfide) groups is 1. The number of hydrogen-bond donors (Lipinski definition) is 2. The summed E-state index contributed by atoms with van der Waals surface area (Å²) >= 11 is 6.77. The number of rotatable bonds is 7. The molecule has 0 aromatic heterocycles. The van der Waals surface area contributed by atoms with E-state index in [9.17, 15) is 9.59 Å². The van der Waals surface area contributed by atoms with Crippen LogP contribution in [0, 0.1) is 0 Å². The number of hydrogen-bond acceptors (Lipinski definition) is 6. The number of aromatic carboxylic acids is 1. The van der Waals surface area contributed by atoms with Gasteiger partial charge in [-0.05, 0) is 70.8 Å². The number of benzene rings is 4. The zero-order valence-corrected chi connectivity index (χ0v) is 22.1. The van der Waals surface area contributed by atoms with Crippen molar-refractivity contribution in [3.05, 3.63) is 100 Å². The SMILES string of the molecule is COc1ccc(C=C2SC(=S)N(CCc3ccc(C(=O)O)cc3)C2=O)cc1-c1cc2ccccc2cc1N. The molecule has 38 heavy (non-hydrogen) atoms. The molecule has 0 spiro atoms. The molecule has 0 radical (unpaired) electrons. The van der Waals surface area contributed by atoms with Crippen molar-refractivity contribution in [2.75, 3.05) is 19.4 Å². The van der Waals surface area contributed by atoms with Gasteiger partial charge in [0.05, 0.1) is 17.6 Å². The van der Waals surface area contributed by atoms with Gasteiger partial charge in [0.15, 0.2) is 0 Å². The first-order valence-electron chi connectivity index (χ1n) is 11.9. The Kier molecular flexibility index (Phi) is 7.18. The molecule has 4 aromatic rings. The van der Waals surface area contributed by atoms with Gasteiger partial charge in [-0.25, -0.2) is 4.79 Å². The summed E-state index contributed by atoms with van der Waals surface area (Å²) in [6.45, 7) is 0.413. The van der Waals surface area contributed by atoms with Crippen LogP contribution in [0.1, 0.15) is 21.5 Å². The number of carbonyl (C=O) groups excluding carboxylic acids is 1. The van der Waals surface area contributed by atoms with E-state index in [1.54, 1.807) is 36.3 Å². The van der Waals surface area contributed by atoms with Crippen LogP contribution in [0.5, 0.6) is 5.75 Å². The van der Waals surface area contributed by atoms with E-state index in [0.717, 1.165) is 33.0 Å². The van der Waals surface area contributed by atoms with Gasteiger partial charge in [0.25, 0.3) is 5.91 Å². The smallest absolute Gasteiger partial charge is 0.335 e. The van der Waals surface area contributed by atoms with Crippen molar-refractivity contribution < 1.29 is 19.4 Å². The molecule has 0 saturated carbocycles. The monoisotopic (exact) mass is 540 g/mol. The van der Waals surface area contributed by atoms with Crippen LogP contribution in [0.4, 0.5) is 5.69 Å². The highest BCUT2D eigenvalue weighted by molar-refractivity contribution is 8.26. The number of carboxylic acid groups (broad SMARTS) is 1. The van der Waals surface area contributed by atoms with Gasteiger partial charge >= 0.3 is 5.97 Å². The maximum Gasteiger partial charge on any atom is 0.335 e. The second-order valence-corrected chi connectivity index (χ2v) is 10.5. The topological polar surface area (TPSA) is 92.9 Å². The van der Waals surface area contributed by atoms with Crippen molar-refractivity contribution in [2.45, 2.75) is 6.42 Å². The minimum absolute atomic E-state index is 0.148. The fourth-order valence-corrected chi connectivity index (χ4v) is 5.72. The molecule has 1 aliphatic heterocycles. The third kappa shape index (κ3) is 5.14. The summed E-state index contributed by atoms with van der Waals surface area (Å²) in [5.41, 5.74) is 10.8. The molecule has 6 nitrogen and oxygen atoms in total. The van der Waals surface area contributed by atoms with Gasteiger partial charge in [0.1, 0.15) is 10.1 Å². The number of nitrogens with two attached hydrogens (primary N) is 1. The molecule has 0 unspecified atom stereocenters. The minimum atomic E-state index is -0.969. The summed E-state index contributed by atoms with van der Waals surface area (Å²) in [6, 6.07) is 24.4. The highest BCUT2D eigenvalue weighted by Crippen LogP contribution is 2.39. The van der Waals surface area contributed by atoms with E-state index in [1.165, 1.54) is 11.8 Å². The van der Waals surface area contributed by atoms with Gasteiger partial charge < -0.3 is 15.6 Å². The van der Waals surface area contributed by atoms with E-state index in [4.69, 9.17) is 27.8 Å². The molecule has 0 atom stereocenters. The molecule has 1 heterocycles. The number of carboxylic acids is 1. The third-order valence-electron chi connectivity index (χ3n) is 6.43. The van der Waals surface area contributed by atoms with Crippen molar-refractivity contribution in [2.24, 2.45) is 0 Å². The molecule has 4 aromatic carbocycles. The minimum Gasteiger partial charge on any atom is -0.496 e. The summed E-state index contributed by atoms with van der Waals surface area (Å²) in [5, 5.41) is 11.2. The van der Waals surface area contributed by atoms with E-state index >= 15 is 0 Å². The zero-order chi connectivity index (χ0) is 26.8. The predicted octanol–water partition coefficient (Wildman–Crippen LogP) is 6.24. The third-order valence-corrected chi connectivity index (χ3v) is 7.81. The Hall–Kier alpha value is -4.14. The molecule has 1 saturated heterocycles. The lowest BCUT2D eigenvalue weighted by Crippen LogP contribution is -2.30. The predicted molar refractivity (Wildman–Crippen MR) is 157 cm³/mol. The average Bonchev–Trinajstić information content (AvgIpc) is 3.18. The summed E-state index contributed by atoms with van der Waals surface area (Å²) in [7, 11) is 1.62. The summed E-state index contributed by atoms with van der Waals surface area (Å²) in [5.74, 6) is -0.432. The Morgan fingerprint density at radius 3 is 2.42 bits per heavy atom. The molecule has 0 aliphatic carbocycles. The molecule has 8 heteroatoms. The number of carbonyl (C=O) groups is 2. The van der Waals surface area contributed by atoms with Gasteiger partial charge in [0.2, 0.25) is 0 Å². The Morgan fingerprint density at radius 1 is 1.03 bits per heavy atom. The van der Waals surface area contributed by atoms with Crippen LogP contribution in [0.25, 0.3) is 28.0 Å². The number of fused-ring (bicyclic) bond motifs is 1. The second-order valence-electron chi connectivity index (χ2n) is 8.83. The van der Waals surface area contributed by atoms with Gasteiger partial charge in [0, 0.05) is 23.4 Å². The molecule has 3 N–H and O–H groups in total. The first-order chi connectivity index (χ1) is 18.3. The Balaban J connectivity index is 1.39. The fraction of sp³-hybridized carbons (Fsp3) is 0.100. The van der Waals surface area contributed by atoms with Gasteiger partial charge in [-0.1, -0.05) is 66.4 Å². The number of thiocarbonyl (C=S) groups is 1. The van der Waals surface area contributed by atoms with E-state index in [1.807, 2.05) is 54.6 Å². The molecular formula is C30H24N2O4S2. The molecule has 1 fully saturated rings. The molecule has 1 amide bonds. The molecule has 1 aliphatic rings. The van der Waals surface area contributed by atoms with Crippen molar-refractivity contribution >= 4 is 62.7 Å². The summed E-state index contributed by atoms with van der Waals surface area (Å²) in [6.07, 6.45) is 2.40. The van der Waals surface area contributed by atoms with Gasteiger partial charge in [-0.15, -0.1) is 0 Å². The zero-order valence-electron chi connectivity index (χ0n) is 20.5. The lowest BCUT2D eigenvalue weighted by atomic mass is 9.97. The van der Waals surface area contributed by atoms with Crippen LogP contribution in [0.15, 0.2) is 83.8 Å². The quantitative estimate of drug-likeness (QED) is 0.163. The Bertz CT molecular complexity index is 1610. The number of ether oxygens (including phenoxy) is 1. The molecule has 0 bridgehead atoms. The first kappa shape index (κ1) is 25.5. The Labute approximate surface area is 229 Å². The number of nitrogen functional groups attached to an aromatic ring is 1. The number of nitrogens with zero attached hydrogens (tertiary/aromatic N) is 1. The van der Waals surface area contributed by atoms with E-state index in [0.29, 0.717) is 33.6 Å². The average molecular weight is 541 g/mol. The summed E-state index contributed by atoms with van der Waals surface area (Å²) < 4.78 is 6.13. The maximum absolute atomic E-state index is 13.2. The number of amides is 1. The molecule has 5 rings (SSSR count). The maximum atomic E-state index is 13.2. The van der Waals surface area contributed by atoms with Crippen LogP contribution in [0.3, 0.4) is 0 Å².